The van der Waals surface area contributed by atoms with E-state index in [0.29, 0.717) is 30.3 Å². The van der Waals surface area contributed by atoms with Gasteiger partial charge >= 0.3 is 0 Å². The Kier molecular flexibility index (Phi) is 12.5. The first-order valence-corrected chi connectivity index (χ1v) is 10.7. The van der Waals surface area contributed by atoms with E-state index in [9.17, 15) is 9.90 Å². The number of aliphatic hydroxyl groups is 1. The molecule has 188 valence electrons. The van der Waals surface area contributed by atoms with Gasteiger partial charge in [-0.05, 0) is 29.3 Å². The van der Waals surface area contributed by atoms with Gasteiger partial charge < -0.3 is 29.7 Å². The van der Waals surface area contributed by atoms with E-state index in [2.05, 4.69) is 17.0 Å². The Labute approximate surface area is 207 Å². The largest absolute Gasteiger partial charge is 0.493 e. The van der Waals surface area contributed by atoms with E-state index >= 15 is 0 Å². The third kappa shape index (κ3) is 7.36. The summed E-state index contributed by atoms with van der Waals surface area (Å²) in [5, 5.41) is 9.81. The van der Waals surface area contributed by atoms with Gasteiger partial charge in [0.25, 0.3) is 0 Å². The zero-order chi connectivity index (χ0) is 22.9. The number of carbonyl (C=O) groups excluding carboxylic acids is 1. The molecule has 9 heteroatoms. The first-order chi connectivity index (χ1) is 15.6. The van der Waals surface area contributed by atoms with Crippen LogP contribution >= 0.6 is 12.4 Å². The summed E-state index contributed by atoms with van der Waals surface area (Å²) < 4.78 is 16.1. The molecular formula is C25H35ClN2O6. The van der Waals surface area contributed by atoms with Gasteiger partial charge in [0.1, 0.15) is 0 Å². The number of ether oxygens (including phenoxy) is 3. The highest BCUT2D eigenvalue weighted by molar-refractivity contribution is 5.92. The molecule has 1 aliphatic rings. The maximum Gasteiger partial charge on any atom is 0.246 e. The first-order valence-electron chi connectivity index (χ1n) is 10.7. The molecule has 8 nitrogen and oxygen atoms in total. The van der Waals surface area contributed by atoms with Gasteiger partial charge in [-0.25, -0.2) is 0 Å². The average Bonchev–Trinajstić information content (AvgIpc) is 2.85. The molecule has 1 unspecified atom stereocenters. The number of methoxy groups -OCH3 is 3. The van der Waals surface area contributed by atoms with Crippen LogP contribution < -0.4 is 14.2 Å². The van der Waals surface area contributed by atoms with Crippen molar-refractivity contribution in [2.75, 3.05) is 60.7 Å². The Morgan fingerprint density at radius 3 is 2.09 bits per heavy atom. The molecule has 1 amide bonds. The fraction of sp³-hybridized carbons (Fsp3) is 0.400. The lowest BCUT2D eigenvalue weighted by Crippen LogP contribution is -2.49. The van der Waals surface area contributed by atoms with Crippen molar-refractivity contribution in [2.24, 2.45) is 0 Å². The highest BCUT2D eigenvalue weighted by atomic mass is 35.5. The van der Waals surface area contributed by atoms with E-state index in [-0.39, 0.29) is 36.3 Å². The lowest BCUT2D eigenvalue weighted by Gasteiger charge is -2.36. The summed E-state index contributed by atoms with van der Waals surface area (Å²) in [7, 11) is 4.69. The third-order valence-corrected chi connectivity index (χ3v) is 5.76. The Bertz CT molecular complexity index is 892. The minimum Gasteiger partial charge on any atom is -0.493 e. The van der Waals surface area contributed by atoms with Crippen molar-refractivity contribution in [2.45, 2.75) is 5.92 Å². The number of amides is 1. The van der Waals surface area contributed by atoms with Gasteiger partial charge in [0.05, 0.1) is 27.9 Å². The van der Waals surface area contributed by atoms with Crippen LogP contribution in [-0.2, 0) is 4.79 Å². The van der Waals surface area contributed by atoms with Gasteiger partial charge in [0.2, 0.25) is 11.7 Å². The lowest BCUT2D eigenvalue weighted by molar-refractivity contribution is -0.127. The molecule has 1 heterocycles. The smallest absolute Gasteiger partial charge is 0.246 e. The van der Waals surface area contributed by atoms with Gasteiger partial charge in [-0.3, -0.25) is 9.69 Å². The molecule has 1 saturated heterocycles. The van der Waals surface area contributed by atoms with E-state index in [4.69, 9.17) is 14.2 Å². The van der Waals surface area contributed by atoms with Crippen LogP contribution in [-0.4, -0.2) is 86.9 Å². The third-order valence-electron chi connectivity index (χ3n) is 5.76. The van der Waals surface area contributed by atoms with E-state index in [0.717, 1.165) is 30.8 Å². The lowest BCUT2D eigenvalue weighted by atomic mass is 9.99. The first kappa shape index (κ1) is 29.3. The number of hydrogen-bond donors (Lipinski definition) is 1. The summed E-state index contributed by atoms with van der Waals surface area (Å²) in [6.45, 7) is 3.78. The van der Waals surface area contributed by atoms with Crippen molar-refractivity contribution in [3.63, 3.8) is 0 Å². The van der Waals surface area contributed by atoms with Gasteiger partial charge in [-0.1, -0.05) is 30.3 Å². The minimum absolute atomic E-state index is 0. The van der Waals surface area contributed by atoms with Crippen molar-refractivity contribution in [1.29, 1.82) is 0 Å². The second kappa shape index (κ2) is 14.5. The highest BCUT2D eigenvalue weighted by Gasteiger charge is 2.22. The average molecular weight is 495 g/mol. The van der Waals surface area contributed by atoms with Crippen molar-refractivity contribution in [1.82, 2.24) is 9.80 Å². The fourth-order valence-electron chi connectivity index (χ4n) is 3.93. The van der Waals surface area contributed by atoms with Crippen LogP contribution in [0.15, 0.2) is 48.5 Å². The van der Waals surface area contributed by atoms with Gasteiger partial charge in [-0.2, -0.15) is 0 Å². The van der Waals surface area contributed by atoms with Crippen molar-refractivity contribution < 1.29 is 29.6 Å². The standard InChI is InChI=1S/C25H32N2O5.ClH.H2O/c1-30-22-15-19(16-23(31-2)25(22)32-3)9-10-24(29)27-13-11-26(12-14-27)17-21(18-28)20-7-5-4-6-8-20;;/h4-10,15-16,21,28H,11-14,17-18H2,1-3H3;1H;1H2. The van der Waals surface area contributed by atoms with Crippen LogP contribution in [0.1, 0.15) is 17.0 Å². The maximum absolute atomic E-state index is 12.7. The quantitative estimate of drug-likeness (QED) is 0.536. The summed E-state index contributed by atoms with van der Waals surface area (Å²) in [6.07, 6.45) is 3.34. The number of carbonyl (C=O) groups is 1. The minimum atomic E-state index is -0.0276. The summed E-state index contributed by atoms with van der Waals surface area (Å²) in [6, 6.07) is 13.7. The molecular weight excluding hydrogens is 460 g/mol. The second-order valence-corrected chi connectivity index (χ2v) is 7.71. The Morgan fingerprint density at radius 1 is 1.00 bits per heavy atom. The van der Waals surface area contributed by atoms with Crippen LogP contribution in [0.3, 0.4) is 0 Å². The van der Waals surface area contributed by atoms with Crippen LogP contribution in [0.5, 0.6) is 17.2 Å². The monoisotopic (exact) mass is 494 g/mol. The van der Waals surface area contributed by atoms with E-state index in [1.807, 2.05) is 35.2 Å². The van der Waals surface area contributed by atoms with Gasteiger partial charge in [-0.15, -0.1) is 12.4 Å². The summed E-state index contributed by atoms with van der Waals surface area (Å²) in [5.41, 5.74) is 1.93. The van der Waals surface area contributed by atoms with Gasteiger partial charge in [0.15, 0.2) is 11.5 Å². The molecule has 3 N–H and O–H groups in total. The zero-order valence-electron chi connectivity index (χ0n) is 19.9. The Hall–Kier alpha value is -2.78. The SMILES string of the molecule is COc1cc(C=CC(=O)N2CCN(CC(CO)c3ccccc3)CC2)cc(OC)c1OC.Cl.O. The molecule has 2 aromatic carbocycles. The normalized spacial score (nSPS) is 14.6. The topological polar surface area (TPSA) is 103 Å². The van der Waals surface area contributed by atoms with Crippen molar-refractivity contribution >= 4 is 24.4 Å². The molecule has 0 spiro atoms. The van der Waals surface area contributed by atoms with Crippen LogP contribution in [0, 0.1) is 0 Å². The molecule has 0 saturated carbocycles. The molecule has 0 radical (unpaired) electrons. The van der Waals surface area contributed by atoms with Crippen molar-refractivity contribution in [3.05, 3.63) is 59.7 Å². The fourth-order valence-corrected chi connectivity index (χ4v) is 3.93. The maximum atomic E-state index is 12.7. The molecule has 2 aromatic rings. The number of rotatable bonds is 9. The summed E-state index contributed by atoms with van der Waals surface area (Å²) in [5.74, 6) is 1.67. The number of nitrogens with zero attached hydrogens (tertiary/aromatic N) is 2. The molecule has 3 rings (SSSR count). The van der Waals surface area contributed by atoms with E-state index in [1.54, 1.807) is 33.5 Å². The predicted molar refractivity (Wildman–Crippen MR) is 135 cm³/mol. The number of halogens is 1. The Morgan fingerprint density at radius 2 is 1.59 bits per heavy atom. The molecule has 1 atom stereocenters. The number of aliphatic hydroxyl groups excluding tert-OH is 1. The molecule has 1 aliphatic heterocycles. The molecule has 34 heavy (non-hydrogen) atoms. The van der Waals surface area contributed by atoms with E-state index < -0.39 is 0 Å². The van der Waals surface area contributed by atoms with Crippen LogP contribution in [0.25, 0.3) is 6.08 Å². The van der Waals surface area contributed by atoms with Crippen LogP contribution in [0.4, 0.5) is 0 Å². The highest BCUT2D eigenvalue weighted by Crippen LogP contribution is 2.38. The second-order valence-electron chi connectivity index (χ2n) is 7.71. The van der Waals surface area contributed by atoms with Gasteiger partial charge in [0, 0.05) is 44.7 Å². The number of benzene rings is 2. The zero-order valence-corrected chi connectivity index (χ0v) is 20.7. The molecule has 0 bridgehead atoms. The van der Waals surface area contributed by atoms with E-state index in [1.165, 1.54) is 0 Å². The Balaban J connectivity index is 0.00000289. The molecule has 0 aromatic heterocycles. The molecule has 1 fully saturated rings. The van der Waals surface area contributed by atoms with Crippen molar-refractivity contribution in [3.8, 4) is 17.2 Å². The molecule has 0 aliphatic carbocycles. The summed E-state index contributed by atoms with van der Waals surface area (Å²) >= 11 is 0. The number of piperazine rings is 1. The number of hydrogen-bond acceptors (Lipinski definition) is 6. The van der Waals surface area contributed by atoms with Crippen LogP contribution in [0.2, 0.25) is 0 Å². The predicted octanol–water partition coefficient (Wildman–Crippen LogP) is 2.24. The summed E-state index contributed by atoms with van der Waals surface area (Å²) in [4.78, 5) is 16.9.